The zero-order valence-corrected chi connectivity index (χ0v) is 16.2. The van der Waals surface area contributed by atoms with E-state index in [4.69, 9.17) is 11.6 Å². The van der Waals surface area contributed by atoms with Crippen LogP contribution >= 0.6 is 22.9 Å². The number of halogens is 1. The first kappa shape index (κ1) is 18.5. The minimum Gasteiger partial charge on any atom is -0.293 e. The summed E-state index contributed by atoms with van der Waals surface area (Å²) in [7, 11) is -3.57. The molecule has 0 aliphatic carbocycles. The van der Waals surface area contributed by atoms with Crippen LogP contribution in [0.5, 0.6) is 0 Å². The molecule has 8 heteroatoms. The number of piperazine rings is 1. The van der Waals surface area contributed by atoms with Crippen molar-refractivity contribution in [3.63, 3.8) is 0 Å². The second-order valence-corrected chi connectivity index (χ2v) is 9.20. The van der Waals surface area contributed by atoms with Crippen molar-refractivity contribution < 1.29 is 13.2 Å². The van der Waals surface area contributed by atoms with Crippen LogP contribution in [-0.4, -0.2) is 56.1 Å². The number of nitrogens with zero attached hydrogens (tertiary/aromatic N) is 2. The van der Waals surface area contributed by atoms with Crippen molar-refractivity contribution in [2.45, 2.75) is 11.8 Å². The molecule has 1 aromatic heterocycles. The number of thiophene rings is 1. The largest absolute Gasteiger partial charge is 0.293 e. The summed E-state index contributed by atoms with van der Waals surface area (Å²) in [4.78, 5) is 15.2. The Morgan fingerprint density at radius 1 is 1.16 bits per heavy atom. The number of benzene rings is 1. The van der Waals surface area contributed by atoms with Crippen molar-refractivity contribution in [3.8, 4) is 0 Å². The number of Topliss-reactive ketones (excluding diaryl/α,β-unsaturated/α-hetero) is 1. The molecule has 1 aromatic carbocycles. The fraction of sp³-hybridized carbons (Fsp3) is 0.353. The van der Waals surface area contributed by atoms with Crippen LogP contribution in [0, 0.1) is 6.92 Å². The fourth-order valence-electron chi connectivity index (χ4n) is 2.85. The Morgan fingerprint density at radius 2 is 1.88 bits per heavy atom. The van der Waals surface area contributed by atoms with Crippen LogP contribution < -0.4 is 0 Å². The highest BCUT2D eigenvalue weighted by Gasteiger charge is 2.30. The van der Waals surface area contributed by atoms with Crippen LogP contribution in [0.4, 0.5) is 0 Å². The van der Waals surface area contributed by atoms with E-state index in [1.165, 1.54) is 15.6 Å². The molecule has 0 unspecified atom stereocenters. The third-order valence-corrected chi connectivity index (χ3v) is 7.69. The highest BCUT2D eigenvalue weighted by molar-refractivity contribution is 7.89. The van der Waals surface area contributed by atoms with Gasteiger partial charge in [0, 0.05) is 31.2 Å². The smallest absolute Gasteiger partial charge is 0.243 e. The Bertz CT molecular complexity index is 858. The van der Waals surface area contributed by atoms with Crippen LogP contribution in [0.1, 0.15) is 15.2 Å². The molecule has 0 radical (unpaired) electrons. The van der Waals surface area contributed by atoms with E-state index in [-0.39, 0.29) is 10.7 Å². The van der Waals surface area contributed by atoms with Gasteiger partial charge >= 0.3 is 0 Å². The van der Waals surface area contributed by atoms with Gasteiger partial charge in [-0.15, -0.1) is 11.3 Å². The average Bonchev–Trinajstić information content (AvgIpc) is 3.12. The van der Waals surface area contributed by atoms with Gasteiger partial charge in [0.15, 0.2) is 5.78 Å². The maximum absolute atomic E-state index is 12.9. The number of carbonyl (C=O) groups excluding carboxylic acids is 1. The number of hydrogen-bond donors (Lipinski definition) is 0. The molecule has 0 amide bonds. The van der Waals surface area contributed by atoms with Crippen LogP contribution in [0.2, 0.25) is 5.02 Å². The zero-order valence-electron chi connectivity index (χ0n) is 13.8. The maximum atomic E-state index is 12.9. The predicted molar refractivity (Wildman–Crippen MR) is 100 cm³/mol. The van der Waals surface area contributed by atoms with E-state index in [9.17, 15) is 13.2 Å². The Hall–Kier alpha value is -1.25. The Morgan fingerprint density at radius 3 is 2.52 bits per heavy atom. The summed E-state index contributed by atoms with van der Waals surface area (Å²) >= 11 is 7.49. The molecule has 134 valence electrons. The normalized spacial score (nSPS) is 16.9. The van der Waals surface area contributed by atoms with Gasteiger partial charge in [0.1, 0.15) is 0 Å². The molecule has 1 aliphatic rings. The SMILES string of the molecule is Cc1c(Cl)cccc1S(=O)(=O)N1CCN(CC(=O)c2cccs2)CC1. The molecular weight excluding hydrogens is 380 g/mol. The van der Waals surface area contributed by atoms with Gasteiger partial charge < -0.3 is 0 Å². The minimum atomic E-state index is -3.57. The van der Waals surface area contributed by atoms with E-state index < -0.39 is 10.0 Å². The number of sulfonamides is 1. The van der Waals surface area contributed by atoms with Gasteiger partial charge in [-0.1, -0.05) is 23.7 Å². The van der Waals surface area contributed by atoms with E-state index >= 15 is 0 Å². The first-order chi connectivity index (χ1) is 11.9. The second kappa shape index (κ2) is 7.55. The predicted octanol–water partition coefficient (Wildman–Crippen LogP) is 2.90. The third kappa shape index (κ3) is 3.96. The van der Waals surface area contributed by atoms with Crippen molar-refractivity contribution >= 4 is 38.7 Å². The summed E-state index contributed by atoms with van der Waals surface area (Å²) in [5, 5.41) is 2.33. The number of carbonyl (C=O) groups is 1. The number of ketones is 1. The molecular formula is C17H19ClN2O3S2. The lowest BCUT2D eigenvalue weighted by atomic mass is 10.2. The van der Waals surface area contributed by atoms with Crippen molar-refractivity contribution in [2.75, 3.05) is 32.7 Å². The zero-order chi connectivity index (χ0) is 18.0. The van der Waals surface area contributed by atoms with Gasteiger partial charge in [-0.2, -0.15) is 4.31 Å². The van der Waals surface area contributed by atoms with E-state index in [1.54, 1.807) is 25.1 Å². The van der Waals surface area contributed by atoms with Gasteiger partial charge in [-0.05, 0) is 36.1 Å². The first-order valence-electron chi connectivity index (χ1n) is 7.94. The monoisotopic (exact) mass is 398 g/mol. The Balaban J connectivity index is 1.65. The lowest BCUT2D eigenvalue weighted by Crippen LogP contribution is -2.49. The van der Waals surface area contributed by atoms with E-state index in [0.717, 1.165) is 4.88 Å². The van der Waals surface area contributed by atoms with Crippen molar-refractivity contribution in [1.29, 1.82) is 0 Å². The van der Waals surface area contributed by atoms with Crippen molar-refractivity contribution in [3.05, 3.63) is 51.2 Å². The van der Waals surface area contributed by atoms with E-state index in [0.29, 0.717) is 43.3 Å². The highest BCUT2D eigenvalue weighted by atomic mass is 35.5. The standard InChI is InChI=1S/C17H19ClN2O3S2/c1-13-14(18)4-2-6-17(13)25(22,23)20-9-7-19(8-10-20)12-15(21)16-5-3-11-24-16/h2-6,11H,7-10,12H2,1H3. The molecule has 5 nitrogen and oxygen atoms in total. The second-order valence-electron chi connectivity index (χ2n) is 5.94. The highest BCUT2D eigenvalue weighted by Crippen LogP contribution is 2.26. The van der Waals surface area contributed by atoms with Gasteiger partial charge in [-0.3, -0.25) is 9.69 Å². The Kier molecular flexibility index (Phi) is 5.60. The topological polar surface area (TPSA) is 57.7 Å². The van der Waals surface area contributed by atoms with Crippen LogP contribution in [0.3, 0.4) is 0 Å². The first-order valence-corrected chi connectivity index (χ1v) is 10.6. The lowest BCUT2D eigenvalue weighted by Gasteiger charge is -2.33. The Labute approximate surface area is 156 Å². The molecule has 0 spiro atoms. The van der Waals surface area contributed by atoms with Crippen LogP contribution in [-0.2, 0) is 10.0 Å². The van der Waals surface area contributed by atoms with Crippen molar-refractivity contribution in [2.24, 2.45) is 0 Å². The molecule has 0 N–H and O–H groups in total. The molecule has 2 aromatic rings. The molecule has 0 saturated carbocycles. The average molecular weight is 399 g/mol. The van der Waals surface area contributed by atoms with Gasteiger partial charge in [-0.25, -0.2) is 8.42 Å². The molecule has 1 fully saturated rings. The number of rotatable bonds is 5. The fourth-order valence-corrected chi connectivity index (χ4v) is 5.41. The third-order valence-electron chi connectivity index (χ3n) is 4.33. The van der Waals surface area contributed by atoms with Crippen LogP contribution in [0.25, 0.3) is 0 Å². The summed E-state index contributed by atoms with van der Waals surface area (Å²) in [6, 6.07) is 8.59. The number of hydrogen-bond acceptors (Lipinski definition) is 5. The van der Waals surface area contributed by atoms with Gasteiger partial charge in [0.25, 0.3) is 0 Å². The van der Waals surface area contributed by atoms with Crippen molar-refractivity contribution in [1.82, 2.24) is 9.21 Å². The quantitative estimate of drug-likeness (QED) is 0.726. The maximum Gasteiger partial charge on any atom is 0.243 e. The van der Waals surface area contributed by atoms with E-state index in [1.807, 2.05) is 22.4 Å². The molecule has 0 bridgehead atoms. The summed E-state index contributed by atoms with van der Waals surface area (Å²) in [5.74, 6) is 0.0805. The lowest BCUT2D eigenvalue weighted by molar-refractivity contribution is 0.0905. The van der Waals surface area contributed by atoms with E-state index in [2.05, 4.69) is 0 Å². The molecule has 2 heterocycles. The summed E-state index contributed by atoms with van der Waals surface area (Å²) in [6.07, 6.45) is 0. The minimum absolute atomic E-state index is 0.0805. The summed E-state index contributed by atoms with van der Waals surface area (Å²) in [6.45, 7) is 3.85. The molecule has 0 atom stereocenters. The van der Waals surface area contributed by atoms with Gasteiger partial charge in [0.05, 0.1) is 16.3 Å². The molecule has 25 heavy (non-hydrogen) atoms. The molecule has 1 aliphatic heterocycles. The van der Waals surface area contributed by atoms with Gasteiger partial charge in [0.2, 0.25) is 10.0 Å². The summed E-state index contributed by atoms with van der Waals surface area (Å²) in [5.41, 5.74) is 0.569. The molecule has 1 saturated heterocycles. The van der Waals surface area contributed by atoms with Crippen LogP contribution in [0.15, 0.2) is 40.6 Å². The molecule has 3 rings (SSSR count). The summed E-state index contributed by atoms with van der Waals surface area (Å²) < 4.78 is 27.2.